The highest BCUT2D eigenvalue weighted by atomic mass is 15.3. The quantitative estimate of drug-likeness (QED) is 0.814. The van der Waals surface area contributed by atoms with Crippen molar-refractivity contribution in [3.05, 3.63) is 59.9 Å². The molecule has 2 aromatic rings. The number of fused-ring (bicyclic) bond motifs is 1. The lowest BCUT2D eigenvalue weighted by molar-refractivity contribution is 0.824. The van der Waals surface area contributed by atoms with Crippen molar-refractivity contribution in [3.63, 3.8) is 0 Å². The minimum absolute atomic E-state index is 0.990. The molecule has 0 aliphatic heterocycles. The van der Waals surface area contributed by atoms with Gasteiger partial charge in [-0.3, -0.25) is 10.4 Å². The van der Waals surface area contributed by atoms with Gasteiger partial charge in [0.25, 0.3) is 0 Å². The van der Waals surface area contributed by atoms with Crippen LogP contribution in [0.25, 0.3) is 0 Å². The number of pyridine rings is 1. The number of nitrogens with zero attached hydrogens (tertiary/aromatic N) is 2. The van der Waals surface area contributed by atoms with Gasteiger partial charge in [0, 0.05) is 6.20 Å². The van der Waals surface area contributed by atoms with E-state index in [4.69, 9.17) is 0 Å². The Morgan fingerprint density at radius 1 is 1.00 bits per heavy atom. The fraction of sp³-hybridized carbons (Fsp3) is 0.200. The van der Waals surface area contributed by atoms with Crippen LogP contribution in [0, 0.1) is 0 Å². The number of nitrogens with one attached hydrogen (secondary N) is 1. The van der Waals surface area contributed by atoms with Crippen LogP contribution in [0.1, 0.15) is 24.1 Å². The second-order valence-corrected chi connectivity index (χ2v) is 4.40. The molecule has 1 aliphatic rings. The number of para-hydroxylation sites is 1. The molecule has 18 heavy (non-hydrogen) atoms. The van der Waals surface area contributed by atoms with Crippen LogP contribution < -0.4 is 5.43 Å². The first-order valence-electron chi connectivity index (χ1n) is 6.25. The minimum atomic E-state index is 0.990. The highest BCUT2D eigenvalue weighted by Crippen LogP contribution is 2.19. The summed E-state index contributed by atoms with van der Waals surface area (Å²) in [4.78, 5) is 4.44. The fourth-order valence-electron chi connectivity index (χ4n) is 2.22. The number of benzene rings is 1. The highest BCUT2D eigenvalue weighted by molar-refractivity contribution is 6.01. The van der Waals surface area contributed by atoms with E-state index in [9.17, 15) is 0 Å². The number of rotatable bonds is 2. The summed E-state index contributed by atoms with van der Waals surface area (Å²) in [6.45, 7) is 0. The Labute approximate surface area is 107 Å². The van der Waals surface area contributed by atoms with Gasteiger partial charge in [0.15, 0.2) is 0 Å². The van der Waals surface area contributed by atoms with E-state index in [1.807, 2.05) is 42.6 Å². The van der Waals surface area contributed by atoms with Crippen molar-refractivity contribution in [3.8, 4) is 0 Å². The zero-order valence-corrected chi connectivity index (χ0v) is 10.1. The highest BCUT2D eigenvalue weighted by Gasteiger charge is 2.16. The first-order chi connectivity index (χ1) is 8.93. The van der Waals surface area contributed by atoms with Crippen LogP contribution in [0.3, 0.4) is 0 Å². The van der Waals surface area contributed by atoms with E-state index in [0.29, 0.717) is 0 Å². The molecule has 90 valence electrons. The molecular weight excluding hydrogens is 222 g/mol. The topological polar surface area (TPSA) is 37.3 Å². The van der Waals surface area contributed by atoms with E-state index in [2.05, 4.69) is 21.6 Å². The van der Waals surface area contributed by atoms with Crippen molar-refractivity contribution in [2.24, 2.45) is 5.10 Å². The molecule has 0 amide bonds. The fourth-order valence-corrected chi connectivity index (χ4v) is 2.22. The summed E-state index contributed by atoms with van der Waals surface area (Å²) in [5, 5.41) is 4.50. The van der Waals surface area contributed by atoms with Gasteiger partial charge >= 0.3 is 0 Å². The SMILES string of the molecule is c1ccc(N/N=C2/CCCc3cccnc32)cc1. The van der Waals surface area contributed by atoms with Gasteiger partial charge in [0.05, 0.1) is 17.1 Å². The Kier molecular flexibility index (Phi) is 3.05. The van der Waals surface area contributed by atoms with E-state index in [1.54, 1.807) is 0 Å². The standard InChI is InChI=1S/C15H15N3/c1-2-8-13(9-3-1)17-18-14-10-4-6-12-7-5-11-16-15(12)14/h1-3,5,7-9,11,17H,4,6,10H2/b18-14-. The molecule has 1 aromatic carbocycles. The lowest BCUT2D eigenvalue weighted by atomic mass is 9.95. The molecule has 3 rings (SSSR count). The maximum Gasteiger partial charge on any atom is 0.0894 e. The lowest BCUT2D eigenvalue weighted by Gasteiger charge is -2.16. The lowest BCUT2D eigenvalue weighted by Crippen LogP contribution is -2.15. The number of hydrazone groups is 1. The van der Waals surface area contributed by atoms with Crippen LogP contribution >= 0.6 is 0 Å². The average Bonchev–Trinajstić information content (AvgIpc) is 2.46. The molecule has 0 saturated carbocycles. The number of aromatic nitrogens is 1. The third kappa shape index (κ3) is 2.25. The Hall–Kier alpha value is -2.16. The van der Waals surface area contributed by atoms with Gasteiger partial charge in [-0.15, -0.1) is 0 Å². The number of aryl methyl sites for hydroxylation is 1. The predicted molar refractivity (Wildman–Crippen MR) is 73.8 cm³/mol. The van der Waals surface area contributed by atoms with Gasteiger partial charge in [0.1, 0.15) is 0 Å². The summed E-state index contributed by atoms with van der Waals surface area (Å²) in [5.74, 6) is 0. The first-order valence-corrected chi connectivity index (χ1v) is 6.25. The van der Waals surface area contributed by atoms with Crippen molar-refractivity contribution in [2.75, 3.05) is 5.43 Å². The summed E-state index contributed by atoms with van der Waals surface area (Å²) < 4.78 is 0. The first kappa shape index (κ1) is 11.0. The van der Waals surface area contributed by atoms with Gasteiger partial charge in [-0.05, 0) is 43.0 Å². The van der Waals surface area contributed by atoms with E-state index < -0.39 is 0 Å². The Bertz CT molecular complexity index is 561. The largest absolute Gasteiger partial charge is 0.278 e. The zero-order chi connectivity index (χ0) is 12.2. The van der Waals surface area contributed by atoms with Crippen LogP contribution in [0.2, 0.25) is 0 Å². The van der Waals surface area contributed by atoms with E-state index in [1.165, 1.54) is 5.56 Å². The van der Waals surface area contributed by atoms with E-state index in [-0.39, 0.29) is 0 Å². The molecule has 3 heteroatoms. The molecule has 0 saturated heterocycles. The number of hydrogen-bond donors (Lipinski definition) is 1. The molecule has 1 heterocycles. The molecule has 0 atom stereocenters. The molecule has 0 spiro atoms. The van der Waals surface area contributed by atoms with Crippen molar-refractivity contribution < 1.29 is 0 Å². The summed E-state index contributed by atoms with van der Waals surface area (Å²) in [5.41, 5.74) is 7.52. The van der Waals surface area contributed by atoms with Crippen molar-refractivity contribution in [2.45, 2.75) is 19.3 Å². The van der Waals surface area contributed by atoms with Gasteiger partial charge in [0.2, 0.25) is 0 Å². The maximum atomic E-state index is 4.50. The second kappa shape index (κ2) is 5.00. The van der Waals surface area contributed by atoms with Crippen LogP contribution in [0.4, 0.5) is 5.69 Å². The van der Waals surface area contributed by atoms with Crippen molar-refractivity contribution in [1.29, 1.82) is 0 Å². The summed E-state index contributed by atoms with van der Waals surface area (Å²) in [6.07, 6.45) is 5.08. The average molecular weight is 237 g/mol. The predicted octanol–water partition coefficient (Wildman–Crippen LogP) is 3.23. The molecule has 1 aromatic heterocycles. The minimum Gasteiger partial charge on any atom is -0.278 e. The third-order valence-corrected chi connectivity index (χ3v) is 3.12. The number of anilines is 1. The van der Waals surface area contributed by atoms with Crippen molar-refractivity contribution in [1.82, 2.24) is 4.98 Å². The molecule has 1 aliphatic carbocycles. The zero-order valence-electron chi connectivity index (χ0n) is 10.1. The van der Waals surface area contributed by atoms with Gasteiger partial charge < -0.3 is 0 Å². The monoisotopic (exact) mass is 237 g/mol. The molecule has 1 N–H and O–H groups in total. The Morgan fingerprint density at radius 3 is 2.78 bits per heavy atom. The molecule has 0 radical (unpaired) electrons. The molecule has 0 fully saturated rings. The molecule has 3 nitrogen and oxygen atoms in total. The molecule has 0 unspecified atom stereocenters. The summed E-state index contributed by atoms with van der Waals surface area (Å²) in [7, 11) is 0. The summed E-state index contributed by atoms with van der Waals surface area (Å²) >= 11 is 0. The van der Waals surface area contributed by atoms with Crippen LogP contribution in [-0.2, 0) is 6.42 Å². The Balaban J connectivity index is 1.85. The second-order valence-electron chi connectivity index (χ2n) is 4.40. The maximum absolute atomic E-state index is 4.50. The molecule has 0 bridgehead atoms. The normalized spacial score (nSPS) is 16.3. The van der Waals surface area contributed by atoms with Gasteiger partial charge in [-0.2, -0.15) is 5.10 Å². The van der Waals surface area contributed by atoms with E-state index in [0.717, 1.165) is 36.4 Å². The van der Waals surface area contributed by atoms with Crippen LogP contribution in [0.15, 0.2) is 53.8 Å². The number of hydrogen-bond acceptors (Lipinski definition) is 3. The summed E-state index contributed by atoms with van der Waals surface area (Å²) in [6, 6.07) is 14.1. The third-order valence-electron chi connectivity index (χ3n) is 3.12. The van der Waals surface area contributed by atoms with Crippen LogP contribution in [0.5, 0.6) is 0 Å². The van der Waals surface area contributed by atoms with Gasteiger partial charge in [-0.25, -0.2) is 0 Å². The van der Waals surface area contributed by atoms with Crippen molar-refractivity contribution >= 4 is 11.4 Å². The van der Waals surface area contributed by atoms with Crippen LogP contribution in [-0.4, -0.2) is 10.7 Å². The molecular formula is C15H15N3. The Morgan fingerprint density at radius 2 is 1.89 bits per heavy atom. The van der Waals surface area contributed by atoms with Gasteiger partial charge in [-0.1, -0.05) is 24.3 Å². The van der Waals surface area contributed by atoms with E-state index >= 15 is 0 Å². The smallest absolute Gasteiger partial charge is 0.0894 e.